The molecule has 0 saturated carbocycles. The molecule has 0 aliphatic heterocycles. The third-order valence-corrected chi connectivity index (χ3v) is 2.62. The molecule has 0 atom stereocenters. The van der Waals surface area contributed by atoms with Crippen LogP contribution in [-0.4, -0.2) is 19.6 Å². The number of hydrogen-bond donors (Lipinski definition) is 2. The zero-order chi connectivity index (χ0) is 12.5. The summed E-state index contributed by atoms with van der Waals surface area (Å²) in [6, 6.07) is 4.12. The van der Waals surface area contributed by atoms with Gasteiger partial charge in [0.05, 0.1) is 6.54 Å². The molecule has 98 valence electrons. The molecule has 1 aromatic rings. The van der Waals surface area contributed by atoms with Crippen LogP contribution >= 0.6 is 0 Å². The average Bonchev–Trinajstić information content (AvgIpc) is 2.75. The minimum Gasteiger partial charge on any atom is -0.465 e. The van der Waals surface area contributed by atoms with Gasteiger partial charge in [-0.1, -0.05) is 20.8 Å². The first-order chi connectivity index (χ1) is 8.22. The fourth-order valence-corrected chi connectivity index (χ4v) is 1.65. The highest BCUT2D eigenvalue weighted by Gasteiger charge is 1.99. The summed E-state index contributed by atoms with van der Waals surface area (Å²) in [5.74, 6) is 2.84. The van der Waals surface area contributed by atoms with Crippen LogP contribution in [0.1, 0.15) is 38.7 Å². The predicted molar refractivity (Wildman–Crippen MR) is 72.1 cm³/mol. The molecule has 0 radical (unpaired) electrons. The Morgan fingerprint density at radius 3 is 2.47 bits per heavy atom. The third-order valence-electron chi connectivity index (χ3n) is 2.62. The molecule has 0 aromatic carbocycles. The number of hydrogen-bond acceptors (Lipinski definition) is 3. The molecule has 1 rings (SSSR count). The van der Waals surface area contributed by atoms with E-state index < -0.39 is 0 Å². The van der Waals surface area contributed by atoms with E-state index in [1.165, 1.54) is 0 Å². The smallest absolute Gasteiger partial charge is 0.117 e. The molecule has 2 N–H and O–H groups in total. The summed E-state index contributed by atoms with van der Waals surface area (Å²) in [5, 5.41) is 6.83. The summed E-state index contributed by atoms with van der Waals surface area (Å²) in [4.78, 5) is 0. The molecule has 1 heterocycles. The Bertz CT molecular complexity index is 294. The molecule has 0 fully saturated rings. The molecule has 0 unspecified atom stereocenters. The van der Waals surface area contributed by atoms with E-state index in [2.05, 4.69) is 43.5 Å². The highest BCUT2D eigenvalue weighted by atomic mass is 16.3. The molecule has 0 spiro atoms. The van der Waals surface area contributed by atoms with Crippen molar-refractivity contribution < 1.29 is 4.42 Å². The maximum atomic E-state index is 5.61. The van der Waals surface area contributed by atoms with Gasteiger partial charge in [-0.15, -0.1) is 0 Å². The van der Waals surface area contributed by atoms with Crippen LogP contribution in [0.25, 0.3) is 0 Å². The molecular weight excluding hydrogens is 212 g/mol. The van der Waals surface area contributed by atoms with Gasteiger partial charge in [0.25, 0.3) is 0 Å². The SMILES string of the molecule is CCc1ccc(CNCCCNCC(C)C)o1. The van der Waals surface area contributed by atoms with E-state index in [1.807, 2.05) is 0 Å². The monoisotopic (exact) mass is 238 g/mol. The predicted octanol–water partition coefficient (Wildman–Crippen LogP) is 2.57. The van der Waals surface area contributed by atoms with Crippen LogP contribution in [0.5, 0.6) is 0 Å². The number of nitrogens with one attached hydrogen (secondary N) is 2. The van der Waals surface area contributed by atoms with E-state index in [4.69, 9.17) is 4.42 Å². The second-order valence-corrected chi connectivity index (χ2v) is 4.85. The first kappa shape index (κ1) is 14.3. The minimum absolute atomic E-state index is 0.735. The first-order valence-electron chi connectivity index (χ1n) is 6.71. The van der Waals surface area contributed by atoms with E-state index in [1.54, 1.807) is 0 Å². The highest BCUT2D eigenvalue weighted by molar-refractivity contribution is 5.06. The quantitative estimate of drug-likeness (QED) is 0.649. The molecule has 0 aliphatic carbocycles. The standard InChI is InChI=1S/C14H26N2O/c1-4-13-6-7-14(17-13)11-16-9-5-8-15-10-12(2)3/h6-7,12,15-16H,4-5,8-11H2,1-3H3. The average molecular weight is 238 g/mol. The molecule has 3 heteroatoms. The van der Waals surface area contributed by atoms with Gasteiger partial charge >= 0.3 is 0 Å². The van der Waals surface area contributed by atoms with Crippen molar-refractivity contribution in [2.24, 2.45) is 5.92 Å². The van der Waals surface area contributed by atoms with Gasteiger partial charge in [-0.3, -0.25) is 0 Å². The van der Waals surface area contributed by atoms with Crippen molar-refractivity contribution in [2.75, 3.05) is 19.6 Å². The highest BCUT2D eigenvalue weighted by Crippen LogP contribution is 2.07. The van der Waals surface area contributed by atoms with Gasteiger partial charge < -0.3 is 15.1 Å². The van der Waals surface area contributed by atoms with Crippen molar-refractivity contribution in [1.29, 1.82) is 0 Å². The molecule has 0 bridgehead atoms. The van der Waals surface area contributed by atoms with Crippen molar-refractivity contribution in [3.05, 3.63) is 23.7 Å². The maximum Gasteiger partial charge on any atom is 0.117 e. The normalized spacial score (nSPS) is 11.3. The van der Waals surface area contributed by atoms with Crippen LogP contribution in [0.2, 0.25) is 0 Å². The van der Waals surface area contributed by atoms with Gasteiger partial charge in [-0.2, -0.15) is 0 Å². The Hall–Kier alpha value is -0.800. The van der Waals surface area contributed by atoms with Crippen LogP contribution in [0, 0.1) is 5.92 Å². The van der Waals surface area contributed by atoms with Crippen molar-refractivity contribution >= 4 is 0 Å². The molecule has 3 nitrogen and oxygen atoms in total. The molecule has 0 amide bonds. The van der Waals surface area contributed by atoms with Crippen molar-refractivity contribution in [3.8, 4) is 0 Å². The van der Waals surface area contributed by atoms with E-state index in [-0.39, 0.29) is 0 Å². The number of furan rings is 1. The maximum absolute atomic E-state index is 5.61. The lowest BCUT2D eigenvalue weighted by Crippen LogP contribution is -2.24. The molecule has 17 heavy (non-hydrogen) atoms. The molecule has 1 aromatic heterocycles. The van der Waals surface area contributed by atoms with Gasteiger partial charge in [0, 0.05) is 6.42 Å². The number of rotatable bonds is 9. The lowest BCUT2D eigenvalue weighted by Gasteiger charge is -2.07. The molecule has 0 aliphatic rings. The van der Waals surface area contributed by atoms with Crippen LogP contribution < -0.4 is 10.6 Å². The summed E-state index contributed by atoms with van der Waals surface area (Å²) in [6.45, 7) is 10.6. The van der Waals surface area contributed by atoms with Crippen LogP contribution in [0.15, 0.2) is 16.5 Å². The summed E-state index contributed by atoms with van der Waals surface area (Å²) < 4.78 is 5.61. The van der Waals surface area contributed by atoms with Crippen molar-refractivity contribution in [2.45, 2.75) is 40.2 Å². The largest absolute Gasteiger partial charge is 0.465 e. The Balaban J connectivity index is 1.97. The fourth-order valence-electron chi connectivity index (χ4n) is 1.65. The number of aryl methyl sites for hydroxylation is 1. The topological polar surface area (TPSA) is 37.2 Å². The van der Waals surface area contributed by atoms with Gasteiger partial charge in [0.1, 0.15) is 11.5 Å². The van der Waals surface area contributed by atoms with Crippen LogP contribution in [0.4, 0.5) is 0 Å². The second kappa shape index (κ2) is 8.31. The van der Waals surface area contributed by atoms with Gasteiger partial charge in [-0.25, -0.2) is 0 Å². The van der Waals surface area contributed by atoms with Gasteiger partial charge in [-0.05, 0) is 44.1 Å². The van der Waals surface area contributed by atoms with E-state index >= 15 is 0 Å². The second-order valence-electron chi connectivity index (χ2n) is 4.85. The van der Waals surface area contributed by atoms with Crippen LogP contribution in [0.3, 0.4) is 0 Å². The lowest BCUT2D eigenvalue weighted by molar-refractivity contribution is 0.447. The third kappa shape index (κ3) is 6.49. The zero-order valence-electron chi connectivity index (χ0n) is 11.4. The summed E-state index contributed by atoms with van der Waals surface area (Å²) in [5.41, 5.74) is 0. The lowest BCUT2D eigenvalue weighted by atomic mass is 10.2. The fraction of sp³-hybridized carbons (Fsp3) is 0.714. The van der Waals surface area contributed by atoms with Gasteiger partial charge in [0.15, 0.2) is 0 Å². The zero-order valence-corrected chi connectivity index (χ0v) is 11.4. The van der Waals surface area contributed by atoms with Gasteiger partial charge in [0.2, 0.25) is 0 Å². The Morgan fingerprint density at radius 1 is 1.12 bits per heavy atom. The van der Waals surface area contributed by atoms with E-state index in [0.29, 0.717) is 0 Å². The van der Waals surface area contributed by atoms with Crippen molar-refractivity contribution in [3.63, 3.8) is 0 Å². The summed E-state index contributed by atoms with van der Waals surface area (Å²) in [7, 11) is 0. The molecular formula is C14H26N2O. The van der Waals surface area contributed by atoms with Crippen molar-refractivity contribution in [1.82, 2.24) is 10.6 Å². The Morgan fingerprint density at radius 2 is 1.82 bits per heavy atom. The summed E-state index contributed by atoms with van der Waals surface area (Å²) in [6.07, 6.45) is 2.13. The van der Waals surface area contributed by atoms with E-state index in [0.717, 1.165) is 56.5 Å². The first-order valence-corrected chi connectivity index (χ1v) is 6.71. The van der Waals surface area contributed by atoms with E-state index in [9.17, 15) is 0 Å². The Kier molecular flexibility index (Phi) is 6.97. The minimum atomic E-state index is 0.735. The Labute approximate surface area is 105 Å². The van der Waals surface area contributed by atoms with Crippen LogP contribution in [-0.2, 0) is 13.0 Å². The summed E-state index contributed by atoms with van der Waals surface area (Å²) >= 11 is 0. The molecule has 0 saturated heterocycles.